The second-order valence-corrected chi connectivity index (χ2v) is 13.4. The van der Waals surface area contributed by atoms with Crippen LogP contribution in [0.1, 0.15) is 107 Å². The molecule has 1 atom stereocenters. The fourth-order valence-electron chi connectivity index (χ4n) is 6.73. The van der Waals surface area contributed by atoms with Crippen LogP contribution in [0.25, 0.3) is 5.57 Å². The Balaban J connectivity index is 0.00000576. The number of carboxylic acid groups (broad SMARTS) is 1. The summed E-state index contributed by atoms with van der Waals surface area (Å²) in [6.07, 6.45) is 3.21. The molecule has 2 amide bonds. The van der Waals surface area contributed by atoms with Crippen molar-refractivity contribution in [1.82, 2.24) is 10.2 Å². The van der Waals surface area contributed by atoms with Crippen molar-refractivity contribution in [1.29, 1.82) is 0 Å². The number of aliphatic imine (C=N–C) groups is 2. The first kappa shape index (κ1) is 37.2. The van der Waals surface area contributed by atoms with Gasteiger partial charge in [0.15, 0.2) is 0 Å². The number of hydrogen-bond donors (Lipinski definition) is 2. The molecule has 46 heavy (non-hydrogen) atoms. The maximum atomic E-state index is 14.4. The Morgan fingerprint density at radius 1 is 1.11 bits per heavy atom. The van der Waals surface area contributed by atoms with Crippen molar-refractivity contribution in [2.45, 2.75) is 85.4 Å². The van der Waals surface area contributed by atoms with Crippen molar-refractivity contribution in [3.05, 3.63) is 76.5 Å². The standard InChI is InChI=1S/C36H47N5O4.Na/c1-22(37)31(23(2)38-7)27-9-8-10-28(21-27)32-34(45)41(36(40-32)18-15-29(16-19-36)35(4,5)6)24(3)25-11-13-26(14-12-25)33(44)39-20-17-30(42)43;/h8-14,21,24,29H,15-20,37H2,1-7H3,(H,39,44)(H,42,43);/q;+1/p-1/t24-,29?,36?;/m1./s1. The van der Waals surface area contributed by atoms with Crippen LogP contribution in [0.5, 0.6) is 0 Å². The maximum Gasteiger partial charge on any atom is 1.00 e. The van der Waals surface area contributed by atoms with Gasteiger partial charge in [-0.15, -0.1) is 0 Å². The van der Waals surface area contributed by atoms with Gasteiger partial charge in [-0.05, 0) is 87.1 Å². The number of allylic oxidation sites excluding steroid dienone is 2. The van der Waals surface area contributed by atoms with Gasteiger partial charge in [-0.1, -0.05) is 51.1 Å². The molecule has 3 N–H and O–H groups in total. The molecule has 2 aromatic carbocycles. The molecule has 0 unspecified atom stereocenters. The molecule has 2 aromatic rings. The van der Waals surface area contributed by atoms with Crippen molar-refractivity contribution in [2.24, 2.45) is 27.1 Å². The van der Waals surface area contributed by atoms with E-state index >= 15 is 0 Å². The number of hydrogen-bond acceptors (Lipinski definition) is 7. The van der Waals surface area contributed by atoms with Crippen molar-refractivity contribution >= 4 is 34.8 Å². The number of benzene rings is 2. The van der Waals surface area contributed by atoms with Gasteiger partial charge in [-0.2, -0.15) is 0 Å². The zero-order valence-electron chi connectivity index (χ0n) is 28.6. The topological polar surface area (TPSA) is 140 Å². The molecule has 1 fully saturated rings. The predicted molar refractivity (Wildman–Crippen MR) is 177 cm³/mol. The quantitative estimate of drug-likeness (QED) is 0.319. The molecular weight excluding hydrogens is 589 g/mol. The molecule has 1 heterocycles. The maximum absolute atomic E-state index is 14.4. The smallest absolute Gasteiger partial charge is 0.550 e. The summed E-state index contributed by atoms with van der Waals surface area (Å²) in [5.74, 6) is -1.16. The van der Waals surface area contributed by atoms with Crippen LogP contribution in [0.2, 0.25) is 0 Å². The molecule has 0 bridgehead atoms. The molecule has 0 saturated heterocycles. The van der Waals surface area contributed by atoms with E-state index in [1.807, 2.05) is 62.1 Å². The summed E-state index contributed by atoms with van der Waals surface area (Å²) in [6.45, 7) is 12.6. The number of nitrogens with zero attached hydrogens (tertiary/aromatic N) is 3. The molecule has 1 aliphatic carbocycles. The van der Waals surface area contributed by atoms with E-state index in [0.717, 1.165) is 53.7 Å². The molecule has 4 rings (SSSR count). The van der Waals surface area contributed by atoms with Gasteiger partial charge in [0, 0.05) is 54.1 Å². The third-order valence-electron chi connectivity index (χ3n) is 9.37. The van der Waals surface area contributed by atoms with Crippen LogP contribution in [0.3, 0.4) is 0 Å². The predicted octanol–water partition coefficient (Wildman–Crippen LogP) is 1.67. The van der Waals surface area contributed by atoms with Gasteiger partial charge < -0.3 is 25.9 Å². The van der Waals surface area contributed by atoms with E-state index in [9.17, 15) is 19.5 Å². The Kier molecular flexibility index (Phi) is 12.2. The van der Waals surface area contributed by atoms with Gasteiger partial charge in [-0.3, -0.25) is 19.6 Å². The number of carbonyl (C=O) groups is 3. The van der Waals surface area contributed by atoms with E-state index in [1.54, 1.807) is 19.2 Å². The van der Waals surface area contributed by atoms with Crippen molar-refractivity contribution in [2.75, 3.05) is 13.6 Å². The molecule has 1 saturated carbocycles. The summed E-state index contributed by atoms with van der Waals surface area (Å²) in [5.41, 5.74) is 11.5. The number of aliphatic carboxylic acids is 1. The van der Waals surface area contributed by atoms with Crippen LogP contribution >= 0.6 is 0 Å². The number of amides is 2. The Bertz CT molecular complexity index is 1540. The first-order valence-corrected chi connectivity index (χ1v) is 15.7. The second kappa shape index (κ2) is 15.1. The summed E-state index contributed by atoms with van der Waals surface area (Å²) in [4.78, 5) is 49.2. The van der Waals surface area contributed by atoms with E-state index < -0.39 is 11.6 Å². The number of nitrogens with two attached hydrogens (primary N) is 1. The summed E-state index contributed by atoms with van der Waals surface area (Å²) in [5, 5.41) is 13.3. The van der Waals surface area contributed by atoms with Gasteiger partial charge in [0.25, 0.3) is 11.8 Å². The van der Waals surface area contributed by atoms with E-state index in [4.69, 9.17) is 10.7 Å². The molecule has 1 aliphatic heterocycles. The zero-order valence-corrected chi connectivity index (χ0v) is 30.6. The van der Waals surface area contributed by atoms with Crippen LogP contribution in [-0.4, -0.2) is 53.4 Å². The van der Waals surface area contributed by atoms with Gasteiger partial charge in [0.1, 0.15) is 11.4 Å². The van der Waals surface area contributed by atoms with Crippen LogP contribution in [0.15, 0.2) is 64.2 Å². The van der Waals surface area contributed by atoms with Crippen LogP contribution < -0.4 is 45.7 Å². The molecule has 0 aromatic heterocycles. The first-order chi connectivity index (χ1) is 21.2. The number of rotatable bonds is 9. The molecular formula is C36H46N5NaO4. The van der Waals surface area contributed by atoms with E-state index in [-0.39, 0.29) is 65.8 Å². The number of nitrogens with one attached hydrogen (secondary N) is 1. The molecule has 240 valence electrons. The molecule has 1 spiro atoms. The van der Waals surface area contributed by atoms with E-state index in [0.29, 0.717) is 22.9 Å². The van der Waals surface area contributed by atoms with E-state index in [2.05, 4.69) is 31.1 Å². The van der Waals surface area contributed by atoms with Gasteiger partial charge in [0.2, 0.25) is 0 Å². The minimum absolute atomic E-state index is 0. The zero-order chi connectivity index (χ0) is 33.1. The Morgan fingerprint density at radius 2 is 1.74 bits per heavy atom. The second-order valence-electron chi connectivity index (χ2n) is 13.4. The SMILES string of the molecule is CN=C(C)C(=C(C)N)c1cccc(C2=NC3(CCC(C(C)(C)C)CC3)N([C@H](C)c3ccc(C(=O)NCCC(=O)[O-])cc3)C2=O)c1.[Na+]. The molecule has 9 nitrogen and oxygen atoms in total. The average molecular weight is 636 g/mol. The average Bonchev–Trinajstić information content (AvgIpc) is 3.27. The van der Waals surface area contributed by atoms with E-state index in [1.165, 1.54) is 0 Å². The molecule has 10 heteroatoms. The van der Waals surface area contributed by atoms with Gasteiger partial charge in [0.05, 0.1) is 6.04 Å². The fraction of sp³-hybridized carbons (Fsp3) is 0.472. The summed E-state index contributed by atoms with van der Waals surface area (Å²) < 4.78 is 0. The third-order valence-corrected chi connectivity index (χ3v) is 9.37. The van der Waals surface area contributed by atoms with Crippen LogP contribution in [0.4, 0.5) is 0 Å². The summed E-state index contributed by atoms with van der Waals surface area (Å²) >= 11 is 0. The third kappa shape index (κ3) is 7.99. The van der Waals surface area contributed by atoms with Gasteiger partial charge >= 0.3 is 29.6 Å². The monoisotopic (exact) mass is 635 g/mol. The Labute approximate surface area is 295 Å². The largest absolute Gasteiger partial charge is 1.00 e. The minimum Gasteiger partial charge on any atom is -0.550 e. The Hall–Kier alpha value is -3.27. The fourth-order valence-corrected chi connectivity index (χ4v) is 6.73. The van der Waals surface area contributed by atoms with Crippen molar-refractivity contribution in [3.63, 3.8) is 0 Å². The molecule has 2 aliphatic rings. The Morgan fingerprint density at radius 3 is 2.28 bits per heavy atom. The van der Waals surface area contributed by atoms with Crippen molar-refractivity contribution < 1.29 is 49.0 Å². The number of carboxylic acids is 1. The summed E-state index contributed by atoms with van der Waals surface area (Å²) in [7, 11) is 1.74. The minimum atomic E-state index is -1.22. The first-order valence-electron chi connectivity index (χ1n) is 15.7. The molecule has 0 radical (unpaired) electrons. The van der Waals surface area contributed by atoms with Crippen LogP contribution in [0, 0.1) is 11.3 Å². The van der Waals surface area contributed by atoms with Crippen LogP contribution in [-0.2, 0) is 9.59 Å². The van der Waals surface area contributed by atoms with Crippen molar-refractivity contribution in [3.8, 4) is 0 Å². The van der Waals surface area contributed by atoms with Gasteiger partial charge in [-0.25, -0.2) is 0 Å². The number of carbonyl (C=O) groups excluding carboxylic acids is 3. The normalized spacial score (nSPS) is 21.3. The summed E-state index contributed by atoms with van der Waals surface area (Å²) in [6, 6.07) is 14.6.